The predicted molar refractivity (Wildman–Crippen MR) is 46.5 cm³/mol. The Bertz CT molecular complexity index is 238. The fraction of sp³-hybridized carbons (Fsp3) is 0.571. The van der Waals surface area contributed by atoms with Crippen LogP contribution in [0.4, 0.5) is 0 Å². The second-order valence-electron chi connectivity index (χ2n) is 2.63. The maximum absolute atomic E-state index is 11.2. The van der Waals surface area contributed by atoms with Crippen molar-refractivity contribution in [1.82, 2.24) is 0 Å². The van der Waals surface area contributed by atoms with Crippen molar-refractivity contribution >= 4 is 24.4 Å². The zero-order chi connectivity index (χ0) is 9.72. The zero-order valence-corrected chi connectivity index (χ0v) is 7.18. The standard InChI is InChI=1S/C7H11BN2O2/c1-4(9)6(3-8-12)7(11)5(2)10/h6,9-10H,3H2,1-2H3/t6-/m1/s1. The van der Waals surface area contributed by atoms with Gasteiger partial charge in [0.15, 0.2) is 0 Å². The molecule has 0 radical (unpaired) electrons. The van der Waals surface area contributed by atoms with Gasteiger partial charge in [-0.05, 0) is 0 Å². The molecule has 0 spiro atoms. The van der Waals surface area contributed by atoms with Crippen molar-refractivity contribution in [3.8, 4) is 0 Å². The summed E-state index contributed by atoms with van der Waals surface area (Å²) < 4.78 is 10.1. The number of hydrogen-bond donors (Lipinski definition) is 2. The Labute approximate surface area is 71.6 Å². The fourth-order valence-corrected chi connectivity index (χ4v) is 0.838. The summed E-state index contributed by atoms with van der Waals surface area (Å²) in [7, 11) is 0.601. The van der Waals surface area contributed by atoms with E-state index >= 15 is 0 Å². The van der Waals surface area contributed by atoms with Crippen molar-refractivity contribution < 1.29 is 9.50 Å². The monoisotopic (exact) mass is 166 g/mol. The number of hydrogen-bond acceptors (Lipinski definition) is 4. The molecule has 64 valence electrons. The summed E-state index contributed by atoms with van der Waals surface area (Å²) in [5.74, 6) is -1.16. The Kier molecular flexibility index (Phi) is 4.25. The topological polar surface area (TPSA) is 81.8 Å². The molecular formula is C7H11BN2O2. The van der Waals surface area contributed by atoms with Gasteiger partial charge in [-0.25, -0.2) is 0 Å². The third-order valence-corrected chi connectivity index (χ3v) is 1.54. The molecule has 0 heterocycles. The first-order chi connectivity index (χ1) is 5.50. The SMILES string of the molecule is CC(=N)C(=O)[C@H](CB=O)C(C)=N. The molecule has 5 heteroatoms. The second-order valence-corrected chi connectivity index (χ2v) is 2.63. The molecule has 0 saturated carbocycles. The number of rotatable bonds is 5. The third-order valence-electron chi connectivity index (χ3n) is 1.54. The van der Waals surface area contributed by atoms with Gasteiger partial charge in [-0.15, -0.1) is 0 Å². The molecule has 0 amide bonds. The zero-order valence-electron chi connectivity index (χ0n) is 7.18. The van der Waals surface area contributed by atoms with Gasteiger partial charge in [0.1, 0.15) is 0 Å². The van der Waals surface area contributed by atoms with Gasteiger partial charge in [0, 0.05) is 0 Å². The summed E-state index contributed by atoms with van der Waals surface area (Å²) in [6, 6.07) is 0. The quantitative estimate of drug-likeness (QED) is 0.465. The fourth-order valence-electron chi connectivity index (χ4n) is 0.838. The van der Waals surface area contributed by atoms with E-state index in [0.717, 1.165) is 0 Å². The van der Waals surface area contributed by atoms with Crippen LogP contribution in [0.2, 0.25) is 6.32 Å². The van der Waals surface area contributed by atoms with Crippen LogP contribution in [0.3, 0.4) is 0 Å². The summed E-state index contributed by atoms with van der Waals surface area (Å²) in [4.78, 5) is 11.2. The minimum absolute atomic E-state index is 0.00435. The van der Waals surface area contributed by atoms with Crippen LogP contribution < -0.4 is 0 Å². The average Bonchev–Trinajstić information content (AvgIpc) is 1.98. The average molecular weight is 166 g/mol. The number of carbonyl (C=O) groups is 1. The molecular weight excluding hydrogens is 155 g/mol. The normalized spacial score (nSPS) is 11.5. The van der Waals surface area contributed by atoms with Gasteiger partial charge in [0.05, 0.1) is 0 Å². The molecule has 0 aliphatic carbocycles. The van der Waals surface area contributed by atoms with Gasteiger partial charge >= 0.3 is 70.8 Å². The Balaban J connectivity index is 4.50. The van der Waals surface area contributed by atoms with Crippen LogP contribution in [0.1, 0.15) is 13.8 Å². The molecule has 2 N–H and O–H groups in total. The maximum atomic E-state index is 11.2. The van der Waals surface area contributed by atoms with E-state index in [1.807, 2.05) is 0 Å². The molecule has 0 aromatic carbocycles. The Hall–Kier alpha value is -1.13. The first kappa shape index (κ1) is 10.9. The molecule has 0 aromatic heterocycles. The van der Waals surface area contributed by atoms with Crippen molar-refractivity contribution in [1.29, 1.82) is 10.8 Å². The Morgan fingerprint density at radius 1 is 1.42 bits per heavy atom. The van der Waals surface area contributed by atoms with Gasteiger partial charge in [0.25, 0.3) is 0 Å². The van der Waals surface area contributed by atoms with Crippen LogP contribution in [0.25, 0.3) is 0 Å². The molecule has 0 saturated heterocycles. The van der Waals surface area contributed by atoms with Gasteiger partial charge in [0.2, 0.25) is 0 Å². The van der Waals surface area contributed by atoms with Gasteiger partial charge in [-0.1, -0.05) is 0 Å². The van der Waals surface area contributed by atoms with E-state index in [-0.39, 0.29) is 17.7 Å². The van der Waals surface area contributed by atoms with E-state index in [2.05, 4.69) is 0 Å². The second kappa shape index (κ2) is 4.69. The number of ketones is 1. The molecule has 0 unspecified atom stereocenters. The number of nitrogens with one attached hydrogen (secondary N) is 2. The van der Waals surface area contributed by atoms with Crippen molar-refractivity contribution in [2.75, 3.05) is 0 Å². The minimum atomic E-state index is -0.722. The van der Waals surface area contributed by atoms with Gasteiger partial charge in [-0.3, -0.25) is 0 Å². The van der Waals surface area contributed by atoms with E-state index in [4.69, 9.17) is 10.8 Å². The van der Waals surface area contributed by atoms with E-state index in [0.29, 0.717) is 7.15 Å². The van der Waals surface area contributed by atoms with Crippen LogP contribution >= 0.6 is 0 Å². The Morgan fingerprint density at radius 3 is 2.17 bits per heavy atom. The molecule has 0 fully saturated rings. The van der Waals surface area contributed by atoms with E-state index in [9.17, 15) is 9.50 Å². The number of carbonyl (C=O) groups excluding carboxylic acids is 1. The first-order valence-corrected chi connectivity index (χ1v) is 3.58. The van der Waals surface area contributed by atoms with Crippen LogP contribution in [0, 0.1) is 16.7 Å². The first-order valence-electron chi connectivity index (χ1n) is 3.58. The summed E-state index contributed by atoms with van der Waals surface area (Å²) in [6.07, 6.45) is 0.00435. The summed E-state index contributed by atoms with van der Waals surface area (Å²) >= 11 is 0. The summed E-state index contributed by atoms with van der Waals surface area (Å²) in [5.41, 5.74) is 0.0344. The molecule has 0 aromatic rings. The van der Waals surface area contributed by atoms with E-state index < -0.39 is 11.7 Å². The van der Waals surface area contributed by atoms with E-state index in [1.54, 1.807) is 0 Å². The number of Topliss-reactive ketones (excluding diaryl/α,β-unsaturated/α-hetero) is 1. The van der Waals surface area contributed by atoms with Crippen LogP contribution in [-0.2, 0) is 9.50 Å². The van der Waals surface area contributed by atoms with Crippen LogP contribution in [0.5, 0.6) is 0 Å². The van der Waals surface area contributed by atoms with Crippen molar-refractivity contribution in [3.05, 3.63) is 0 Å². The molecule has 1 atom stereocenters. The molecule has 12 heavy (non-hydrogen) atoms. The summed E-state index contributed by atoms with van der Waals surface area (Å²) in [5, 5.41) is 14.2. The van der Waals surface area contributed by atoms with Crippen molar-refractivity contribution in [2.45, 2.75) is 20.2 Å². The molecule has 4 nitrogen and oxygen atoms in total. The van der Waals surface area contributed by atoms with Crippen LogP contribution in [0.15, 0.2) is 0 Å². The van der Waals surface area contributed by atoms with Crippen molar-refractivity contribution in [2.24, 2.45) is 5.92 Å². The van der Waals surface area contributed by atoms with Crippen LogP contribution in [-0.4, -0.2) is 24.4 Å². The molecule has 0 aliphatic heterocycles. The third kappa shape index (κ3) is 2.86. The molecule has 0 aliphatic rings. The Morgan fingerprint density at radius 2 is 1.92 bits per heavy atom. The van der Waals surface area contributed by atoms with Crippen molar-refractivity contribution in [3.63, 3.8) is 0 Å². The van der Waals surface area contributed by atoms with Gasteiger partial charge < -0.3 is 0 Å². The predicted octanol–water partition coefficient (Wildman–Crippen LogP) is 0.719. The molecule has 0 rings (SSSR count). The van der Waals surface area contributed by atoms with E-state index in [1.165, 1.54) is 13.8 Å². The summed E-state index contributed by atoms with van der Waals surface area (Å²) in [6.45, 7) is 2.83. The molecule has 0 bridgehead atoms. The van der Waals surface area contributed by atoms with Gasteiger partial charge in [-0.2, -0.15) is 0 Å².